The van der Waals surface area contributed by atoms with Crippen LogP contribution in [0.5, 0.6) is 0 Å². The van der Waals surface area contributed by atoms with Gasteiger partial charge < -0.3 is 10.5 Å². The lowest BCUT2D eigenvalue weighted by Crippen LogP contribution is -2.31. The summed E-state index contributed by atoms with van der Waals surface area (Å²) in [6.07, 6.45) is 3.47. The molecule has 0 saturated heterocycles. The lowest BCUT2D eigenvalue weighted by Gasteiger charge is -2.16. The van der Waals surface area contributed by atoms with E-state index in [0.29, 0.717) is 16.7 Å². The van der Waals surface area contributed by atoms with Crippen LogP contribution in [-0.4, -0.2) is 12.1 Å². The molecule has 1 aliphatic rings. The third-order valence-corrected chi connectivity index (χ3v) is 3.69. The average molecular weight is 260 g/mol. The van der Waals surface area contributed by atoms with Gasteiger partial charge in [0, 0.05) is 6.04 Å². The Labute approximate surface area is 106 Å². The van der Waals surface area contributed by atoms with Gasteiger partial charge in [-0.05, 0) is 37.0 Å². The van der Waals surface area contributed by atoms with Crippen LogP contribution in [0.1, 0.15) is 24.8 Å². The van der Waals surface area contributed by atoms with E-state index in [4.69, 9.17) is 33.7 Å². The second kappa shape index (κ2) is 5.37. The molecule has 2 rings (SSSR count). The molecule has 1 saturated carbocycles. The molecule has 1 aromatic rings. The Balaban J connectivity index is 1.91. The lowest BCUT2D eigenvalue weighted by atomic mass is 10.2. The fourth-order valence-electron chi connectivity index (χ4n) is 1.99. The Bertz CT molecular complexity index is 370. The number of hydrogen-bond acceptors (Lipinski definition) is 2. The second-order valence-corrected chi connectivity index (χ2v) is 5.01. The van der Waals surface area contributed by atoms with Gasteiger partial charge in [-0.25, -0.2) is 0 Å². The van der Waals surface area contributed by atoms with Crippen LogP contribution in [0.15, 0.2) is 18.2 Å². The van der Waals surface area contributed by atoms with E-state index in [0.717, 1.165) is 24.8 Å². The quantitative estimate of drug-likeness (QED) is 0.904. The molecule has 16 heavy (non-hydrogen) atoms. The molecule has 1 fully saturated rings. The van der Waals surface area contributed by atoms with Gasteiger partial charge in [0.15, 0.2) is 0 Å². The number of halogens is 2. The zero-order valence-corrected chi connectivity index (χ0v) is 10.5. The maximum Gasteiger partial charge on any atom is 0.0730 e. The van der Waals surface area contributed by atoms with E-state index in [1.54, 1.807) is 6.07 Å². The smallest absolute Gasteiger partial charge is 0.0730 e. The van der Waals surface area contributed by atoms with Gasteiger partial charge in [0.2, 0.25) is 0 Å². The predicted octanol–water partition coefficient (Wildman–Crippen LogP) is 3.39. The first kappa shape index (κ1) is 12.2. The summed E-state index contributed by atoms with van der Waals surface area (Å²) in [5, 5.41) is 1.14. The zero-order valence-electron chi connectivity index (χ0n) is 8.96. The molecule has 2 nitrogen and oxygen atoms in total. The first-order chi connectivity index (χ1) is 7.66. The van der Waals surface area contributed by atoms with E-state index in [2.05, 4.69) is 0 Å². The molecule has 0 amide bonds. The average Bonchev–Trinajstić information content (AvgIpc) is 2.66. The van der Waals surface area contributed by atoms with Crippen molar-refractivity contribution in [1.29, 1.82) is 0 Å². The maximum atomic E-state index is 5.93. The number of hydrogen-bond donors (Lipinski definition) is 1. The third kappa shape index (κ3) is 2.89. The minimum Gasteiger partial charge on any atom is -0.372 e. The molecule has 0 spiro atoms. The molecule has 0 radical (unpaired) electrons. The largest absolute Gasteiger partial charge is 0.372 e. The highest BCUT2D eigenvalue weighted by atomic mass is 35.5. The summed E-state index contributed by atoms with van der Waals surface area (Å²) in [5.74, 6) is 0. The van der Waals surface area contributed by atoms with Crippen molar-refractivity contribution >= 4 is 23.2 Å². The molecule has 88 valence electrons. The molecular weight excluding hydrogens is 245 g/mol. The summed E-state index contributed by atoms with van der Waals surface area (Å²) in [6, 6.07) is 5.73. The number of nitrogens with two attached hydrogens (primary N) is 1. The standard InChI is InChI=1S/C12H15Cl2NO/c13-9-5-4-8(6-10(9)14)7-16-12-3-1-2-11(12)15/h4-6,11-12H,1-3,7,15H2/t11-,12-/m0/s1. The monoisotopic (exact) mass is 259 g/mol. The molecule has 2 N–H and O–H groups in total. The van der Waals surface area contributed by atoms with Crippen molar-refractivity contribution in [2.45, 2.75) is 38.0 Å². The van der Waals surface area contributed by atoms with Gasteiger partial charge in [0.1, 0.15) is 0 Å². The van der Waals surface area contributed by atoms with Crippen LogP contribution >= 0.6 is 23.2 Å². The fraction of sp³-hybridized carbons (Fsp3) is 0.500. The SMILES string of the molecule is N[C@H]1CCC[C@@H]1OCc1ccc(Cl)c(Cl)c1. The van der Waals surface area contributed by atoms with Crippen LogP contribution in [0, 0.1) is 0 Å². The molecule has 2 atom stereocenters. The highest BCUT2D eigenvalue weighted by Gasteiger charge is 2.24. The second-order valence-electron chi connectivity index (χ2n) is 4.19. The van der Waals surface area contributed by atoms with Crippen molar-refractivity contribution in [3.63, 3.8) is 0 Å². The van der Waals surface area contributed by atoms with Crippen molar-refractivity contribution < 1.29 is 4.74 Å². The Morgan fingerprint density at radius 3 is 2.69 bits per heavy atom. The summed E-state index contributed by atoms with van der Waals surface area (Å²) >= 11 is 11.8. The van der Waals surface area contributed by atoms with Crippen LogP contribution < -0.4 is 5.73 Å². The summed E-state index contributed by atoms with van der Waals surface area (Å²) < 4.78 is 5.77. The Kier molecular flexibility index (Phi) is 4.09. The van der Waals surface area contributed by atoms with Gasteiger partial charge in [-0.1, -0.05) is 29.3 Å². The zero-order chi connectivity index (χ0) is 11.5. The number of ether oxygens (including phenoxy) is 1. The van der Waals surface area contributed by atoms with Gasteiger partial charge in [-0.2, -0.15) is 0 Å². The van der Waals surface area contributed by atoms with Crippen LogP contribution in [0.2, 0.25) is 10.0 Å². The Morgan fingerprint density at radius 2 is 2.06 bits per heavy atom. The number of rotatable bonds is 3. The summed E-state index contributed by atoms with van der Waals surface area (Å²) in [7, 11) is 0. The van der Waals surface area contributed by atoms with Gasteiger partial charge in [0.25, 0.3) is 0 Å². The highest BCUT2D eigenvalue weighted by Crippen LogP contribution is 2.25. The van der Waals surface area contributed by atoms with Crippen LogP contribution in [0.4, 0.5) is 0 Å². The molecule has 1 aromatic carbocycles. The van der Waals surface area contributed by atoms with E-state index in [1.165, 1.54) is 0 Å². The first-order valence-corrected chi connectivity index (χ1v) is 6.23. The molecule has 1 aliphatic carbocycles. The van der Waals surface area contributed by atoms with Crippen molar-refractivity contribution in [1.82, 2.24) is 0 Å². The molecule has 0 bridgehead atoms. The summed E-state index contributed by atoms with van der Waals surface area (Å²) in [5.41, 5.74) is 6.96. The van der Waals surface area contributed by atoms with Crippen LogP contribution in [0.25, 0.3) is 0 Å². The lowest BCUT2D eigenvalue weighted by molar-refractivity contribution is 0.0357. The number of benzene rings is 1. The normalized spacial score (nSPS) is 24.9. The molecular formula is C12H15Cl2NO. The highest BCUT2D eigenvalue weighted by molar-refractivity contribution is 6.41. The molecule has 0 aliphatic heterocycles. The molecule has 4 heteroatoms. The summed E-state index contributed by atoms with van der Waals surface area (Å²) in [4.78, 5) is 0. The van der Waals surface area contributed by atoms with Crippen LogP contribution in [0.3, 0.4) is 0 Å². The van der Waals surface area contributed by atoms with Gasteiger partial charge in [-0.3, -0.25) is 0 Å². The van der Waals surface area contributed by atoms with Gasteiger partial charge in [-0.15, -0.1) is 0 Å². The Morgan fingerprint density at radius 1 is 1.25 bits per heavy atom. The van der Waals surface area contributed by atoms with E-state index in [1.807, 2.05) is 12.1 Å². The third-order valence-electron chi connectivity index (χ3n) is 2.95. The van der Waals surface area contributed by atoms with Crippen LogP contribution in [-0.2, 0) is 11.3 Å². The molecule has 0 heterocycles. The maximum absolute atomic E-state index is 5.93. The van der Waals surface area contributed by atoms with Crippen molar-refractivity contribution in [3.05, 3.63) is 33.8 Å². The minimum absolute atomic E-state index is 0.183. The summed E-state index contributed by atoms with van der Waals surface area (Å²) in [6.45, 7) is 0.551. The first-order valence-electron chi connectivity index (χ1n) is 5.48. The molecule has 0 aromatic heterocycles. The fourth-order valence-corrected chi connectivity index (χ4v) is 2.32. The van der Waals surface area contributed by atoms with E-state index in [9.17, 15) is 0 Å². The topological polar surface area (TPSA) is 35.2 Å². The van der Waals surface area contributed by atoms with Crippen molar-refractivity contribution in [3.8, 4) is 0 Å². The van der Waals surface area contributed by atoms with E-state index in [-0.39, 0.29) is 12.1 Å². The van der Waals surface area contributed by atoms with Crippen molar-refractivity contribution in [2.75, 3.05) is 0 Å². The van der Waals surface area contributed by atoms with Gasteiger partial charge >= 0.3 is 0 Å². The van der Waals surface area contributed by atoms with Crippen molar-refractivity contribution in [2.24, 2.45) is 5.73 Å². The minimum atomic E-state index is 0.183. The molecule has 0 unspecified atom stereocenters. The van der Waals surface area contributed by atoms with E-state index < -0.39 is 0 Å². The van der Waals surface area contributed by atoms with Gasteiger partial charge in [0.05, 0.1) is 22.8 Å². The Hall–Kier alpha value is -0.280. The predicted molar refractivity (Wildman–Crippen MR) is 66.9 cm³/mol. The van der Waals surface area contributed by atoms with E-state index >= 15 is 0 Å².